The Kier molecular flexibility index (Phi) is 10.7. The Morgan fingerprint density at radius 1 is 1.25 bits per heavy atom. The summed E-state index contributed by atoms with van der Waals surface area (Å²) in [5.41, 5.74) is 4.78. The zero-order valence-electron chi connectivity index (χ0n) is 16.7. The molecule has 1 rings (SSSR count). The number of nitrogens with one attached hydrogen (secondary N) is 1. The van der Waals surface area contributed by atoms with Crippen molar-refractivity contribution in [1.29, 1.82) is 0 Å². The van der Waals surface area contributed by atoms with Crippen LogP contribution in [0.25, 0.3) is 0 Å². The van der Waals surface area contributed by atoms with E-state index < -0.39 is 0 Å². The highest BCUT2D eigenvalue weighted by atomic mass is 14.8. The van der Waals surface area contributed by atoms with Gasteiger partial charge in [0, 0.05) is 13.1 Å². The number of rotatable bonds is 11. The molecule has 0 heterocycles. The largest absolute Gasteiger partial charge is 0.310 e. The lowest BCUT2D eigenvalue weighted by Gasteiger charge is -2.27. The molecule has 136 valence electrons. The van der Waals surface area contributed by atoms with E-state index in [0.717, 1.165) is 24.9 Å². The van der Waals surface area contributed by atoms with Gasteiger partial charge in [0.25, 0.3) is 0 Å². The van der Waals surface area contributed by atoms with Gasteiger partial charge in [0.15, 0.2) is 0 Å². The van der Waals surface area contributed by atoms with Crippen molar-refractivity contribution in [3.8, 4) is 0 Å². The summed E-state index contributed by atoms with van der Waals surface area (Å²) in [5.74, 6) is 1.47. The molecule has 0 radical (unpaired) electrons. The van der Waals surface area contributed by atoms with Gasteiger partial charge < -0.3 is 5.32 Å². The first kappa shape index (κ1) is 21.0. The van der Waals surface area contributed by atoms with Crippen molar-refractivity contribution in [3.63, 3.8) is 0 Å². The molecule has 1 heteroatoms. The average molecular weight is 330 g/mol. The summed E-state index contributed by atoms with van der Waals surface area (Å²) in [4.78, 5) is 0. The molecule has 0 saturated heterocycles. The van der Waals surface area contributed by atoms with Gasteiger partial charge in [-0.2, -0.15) is 0 Å². The van der Waals surface area contributed by atoms with Gasteiger partial charge in [0.2, 0.25) is 0 Å². The molecule has 2 unspecified atom stereocenters. The van der Waals surface area contributed by atoms with E-state index in [0.29, 0.717) is 0 Å². The van der Waals surface area contributed by atoms with Gasteiger partial charge >= 0.3 is 0 Å². The van der Waals surface area contributed by atoms with Crippen LogP contribution in [-0.2, 0) is 0 Å². The molecule has 24 heavy (non-hydrogen) atoms. The van der Waals surface area contributed by atoms with E-state index in [9.17, 15) is 0 Å². The minimum absolute atomic E-state index is 0.732. The van der Waals surface area contributed by atoms with Gasteiger partial charge in [-0.15, -0.1) is 0 Å². The summed E-state index contributed by atoms with van der Waals surface area (Å²) in [6.45, 7) is 13.4. The second-order valence-electron chi connectivity index (χ2n) is 7.29. The predicted molar refractivity (Wildman–Crippen MR) is 109 cm³/mol. The Hall–Kier alpha value is -1.08. The van der Waals surface area contributed by atoms with Crippen LogP contribution in [0, 0.1) is 11.8 Å². The van der Waals surface area contributed by atoms with Gasteiger partial charge in [0.05, 0.1) is 0 Å². The fraction of sp³-hybridized carbons (Fsp3) is 0.652. The zero-order chi connectivity index (χ0) is 17.8. The fourth-order valence-electron chi connectivity index (χ4n) is 3.63. The van der Waals surface area contributed by atoms with Crippen molar-refractivity contribution >= 4 is 0 Å². The molecule has 2 atom stereocenters. The van der Waals surface area contributed by atoms with E-state index in [1.54, 1.807) is 11.1 Å². The predicted octanol–water partition coefficient (Wildman–Crippen LogP) is 6.60. The summed E-state index contributed by atoms with van der Waals surface area (Å²) < 4.78 is 0. The molecule has 0 aromatic carbocycles. The lowest BCUT2D eigenvalue weighted by Crippen LogP contribution is -2.18. The van der Waals surface area contributed by atoms with Crippen molar-refractivity contribution in [1.82, 2.24) is 5.32 Å². The highest BCUT2D eigenvalue weighted by Crippen LogP contribution is 2.33. The summed E-state index contributed by atoms with van der Waals surface area (Å²) in [6.07, 6.45) is 19.0. The fourth-order valence-corrected chi connectivity index (χ4v) is 3.63. The lowest BCUT2D eigenvalue weighted by atomic mass is 9.79. The monoisotopic (exact) mass is 329 g/mol. The molecule has 1 aliphatic carbocycles. The van der Waals surface area contributed by atoms with Crippen LogP contribution < -0.4 is 5.32 Å². The molecule has 1 N–H and O–H groups in total. The maximum absolute atomic E-state index is 3.53. The lowest BCUT2D eigenvalue weighted by molar-refractivity contribution is 0.390. The Bertz CT molecular complexity index is 464. The van der Waals surface area contributed by atoms with Crippen molar-refractivity contribution in [2.24, 2.45) is 11.8 Å². The first-order valence-corrected chi connectivity index (χ1v) is 9.98. The van der Waals surface area contributed by atoms with Crippen LogP contribution in [0.1, 0.15) is 73.1 Å². The second-order valence-corrected chi connectivity index (χ2v) is 7.29. The molecule has 0 aliphatic heterocycles. The van der Waals surface area contributed by atoms with Crippen LogP contribution in [0.3, 0.4) is 0 Å². The Balaban J connectivity index is 2.61. The molecule has 0 saturated carbocycles. The average Bonchev–Trinajstić information content (AvgIpc) is 2.58. The van der Waals surface area contributed by atoms with E-state index in [-0.39, 0.29) is 0 Å². The SMILES string of the molecule is CC=CCNC/C(=C/CC(C)C(CC)C1=CC=C(C)CC1)CCC. The molecule has 0 aromatic rings. The molecule has 0 spiro atoms. The summed E-state index contributed by atoms with van der Waals surface area (Å²) >= 11 is 0. The summed E-state index contributed by atoms with van der Waals surface area (Å²) in [7, 11) is 0. The van der Waals surface area contributed by atoms with Gasteiger partial charge in [-0.25, -0.2) is 0 Å². The van der Waals surface area contributed by atoms with E-state index in [4.69, 9.17) is 0 Å². The Morgan fingerprint density at radius 3 is 2.62 bits per heavy atom. The molecular formula is C23H39N. The minimum atomic E-state index is 0.732. The second kappa shape index (κ2) is 12.3. The Morgan fingerprint density at radius 2 is 2.04 bits per heavy atom. The smallest absolute Gasteiger partial charge is 0.0167 e. The normalized spacial score (nSPS) is 18.5. The van der Waals surface area contributed by atoms with Crippen molar-refractivity contribution in [3.05, 3.63) is 47.1 Å². The van der Waals surface area contributed by atoms with Gasteiger partial charge in [0.1, 0.15) is 0 Å². The van der Waals surface area contributed by atoms with Crippen LogP contribution >= 0.6 is 0 Å². The van der Waals surface area contributed by atoms with Crippen LogP contribution in [0.5, 0.6) is 0 Å². The first-order valence-electron chi connectivity index (χ1n) is 9.98. The highest BCUT2D eigenvalue weighted by Gasteiger charge is 2.20. The molecule has 0 amide bonds. The number of hydrogen-bond acceptors (Lipinski definition) is 1. The van der Waals surface area contributed by atoms with Crippen molar-refractivity contribution in [2.75, 3.05) is 13.1 Å². The van der Waals surface area contributed by atoms with Crippen LogP contribution in [0.15, 0.2) is 47.1 Å². The topological polar surface area (TPSA) is 12.0 Å². The minimum Gasteiger partial charge on any atom is -0.310 e. The maximum atomic E-state index is 3.53. The summed E-state index contributed by atoms with van der Waals surface area (Å²) in [6, 6.07) is 0. The zero-order valence-corrected chi connectivity index (χ0v) is 16.7. The third-order valence-electron chi connectivity index (χ3n) is 5.19. The molecular weight excluding hydrogens is 290 g/mol. The number of hydrogen-bond donors (Lipinski definition) is 1. The summed E-state index contributed by atoms with van der Waals surface area (Å²) in [5, 5.41) is 3.53. The molecule has 1 nitrogen and oxygen atoms in total. The van der Waals surface area contributed by atoms with Crippen LogP contribution in [-0.4, -0.2) is 13.1 Å². The molecule has 0 bridgehead atoms. The van der Waals surface area contributed by atoms with E-state index in [2.05, 4.69) is 70.3 Å². The Labute approximate surface area is 151 Å². The van der Waals surface area contributed by atoms with Crippen LogP contribution in [0.2, 0.25) is 0 Å². The van der Waals surface area contributed by atoms with Crippen molar-refractivity contribution in [2.45, 2.75) is 73.1 Å². The standard InChI is InChI=1S/C23H39N/c1-6-9-17-24-18-21(10-7-2)14-13-20(5)23(8-3)22-15-11-19(4)12-16-22/h6,9,11,14-15,20,23-24H,7-8,10,12-13,16-18H2,1-5H3/b9-6?,21-14+. The van der Waals surface area contributed by atoms with Gasteiger partial charge in [-0.1, -0.05) is 74.3 Å². The van der Waals surface area contributed by atoms with Crippen molar-refractivity contribution < 1.29 is 0 Å². The van der Waals surface area contributed by atoms with Gasteiger partial charge in [-0.3, -0.25) is 0 Å². The highest BCUT2D eigenvalue weighted by molar-refractivity contribution is 5.25. The molecule has 0 fully saturated rings. The van der Waals surface area contributed by atoms with Gasteiger partial charge in [-0.05, 0) is 57.8 Å². The molecule has 1 aliphatic rings. The van der Waals surface area contributed by atoms with E-state index in [1.165, 1.54) is 44.1 Å². The van der Waals surface area contributed by atoms with Crippen LogP contribution in [0.4, 0.5) is 0 Å². The quantitative estimate of drug-likeness (QED) is 0.333. The molecule has 0 aromatic heterocycles. The van der Waals surface area contributed by atoms with E-state index >= 15 is 0 Å². The van der Waals surface area contributed by atoms with E-state index in [1.807, 2.05) is 0 Å². The maximum Gasteiger partial charge on any atom is 0.0167 e. The first-order chi connectivity index (χ1) is 11.6. The third kappa shape index (κ3) is 7.66. The third-order valence-corrected chi connectivity index (χ3v) is 5.19. The number of allylic oxidation sites excluding steroid dienone is 6.